The van der Waals surface area contributed by atoms with Crippen LogP contribution in [0, 0.1) is 0 Å². The van der Waals surface area contributed by atoms with Gasteiger partial charge in [0, 0.05) is 22.7 Å². The molecule has 1 aliphatic heterocycles. The smallest absolute Gasteiger partial charge is 0.242 e. The Kier molecular flexibility index (Phi) is 3.40. The summed E-state index contributed by atoms with van der Waals surface area (Å²) >= 11 is 7.04. The number of anilines is 1. The van der Waals surface area contributed by atoms with Crippen molar-refractivity contribution in [1.82, 2.24) is 0 Å². The van der Waals surface area contributed by atoms with Crippen LogP contribution in [-0.2, 0) is 4.79 Å². The lowest BCUT2D eigenvalue weighted by atomic mass is 10.0. The van der Waals surface area contributed by atoms with Crippen LogP contribution in [0.15, 0.2) is 33.9 Å². The van der Waals surface area contributed by atoms with Crippen LogP contribution in [-0.4, -0.2) is 16.7 Å². The molecule has 90 valence electrons. The molecule has 2 rings (SSSR count). The van der Waals surface area contributed by atoms with Crippen LogP contribution in [0.25, 0.3) is 0 Å². The summed E-state index contributed by atoms with van der Waals surface area (Å²) in [5, 5.41) is 7.14. The Bertz CT molecular complexity index is 476. The van der Waals surface area contributed by atoms with Crippen molar-refractivity contribution in [3.05, 3.63) is 29.3 Å². The van der Waals surface area contributed by atoms with E-state index in [0.29, 0.717) is 10.7 Å². The summed E-state index contributed by atoms with van der Waals surface area (Å²) in [6.45, 7) is 3.78. The molecule has 1 atom stereocenters. The number of benzene rings is 1. The highest BCUT2D eigenvalue weighted by molar-refractivity contribution is 7.99. The first-order chi connectivity index (χ1) is 7.99. The zero-order chi connectivity index (χ0) is 12.5. The van der Waals surface area contributed by atoms with Gasteiger partial charge in [-0.2, -0.15) is 5.11 Å². The minimum absolute atomic E-state index is 0.104. The van der Waals surface area contributed by atoms with Crippen LogP contribution in [0.1, 0.15) is 13.8 Å². The van der Waals surface area contributed by atoms with Gasteiger partial charge in [-0.3, -0.25) is 4.79 Å². The molecule has 0 aromatic heterocycles. The van der Waals surface area contributed by atoms with E-state index in [0.717, 1.165) is 0 Å². The summed E-state index contributed by atoms with van der Waals surface area (Å²) in [5.74, 6) is -0.104. The molecular formula is C11H12ClN3OS. The first-order valence-corrected chi connectivity index (χ1v) is 6.35. The molecule has 1 heterocycles. The molecule has 1 aromatic rings. The SMILES string of the molecule is CC1(C)N=NSC1C(=O)Nc1cccc(Cl)c1. The molecule has 0 saturated carbocycles. The van der Waals surface area contributed by atoms with Gasteiger partial charge >= 0.3 is 0 Å². The van der Waals surface area contributed by atoms with E-state index >= 15 is 0 Å². The Labute approximate surface area is 109 Å². The normalized spacial score (nSPS) is 21.5. The zero-order valence-electron chi connectivity index (χ0n) is 9.48. The Morgan fingerprint density at radius 1 is 1.53 bits per heavy atom. The Balaban J connectivity index is 2.08. The maximum absolute atomic E-state index is 12.0. The lowest BCUT2D eigenvalue weighted by Crippen LogP contribution is -2.38. The third kappa shape index (κ3) is 2.79. The van der Waals surface area contributed by atoms with Crippen molar-refractivity contribution in [3.8, 4) is 0 Å². The van der Waals surface area contributed by atoms with Crippen LogP contribution in [0.2, 0.25) is 5.02 Å². The van der Waals surface area contributed by atoms with Crippen molar-refractivity contribution < 1.29 is 4.79 Å². The molecule has 1 aromatic carbocycles. The number of hydrogen-bond donors (Lipinski definition) is 1. The molecule has 1 aliphatic rings. The third-order valence-corrected chi connectivity index (χ3v) is 3.84. The fourth-order valence-electron chi connectivity index (χ4n) is 1.50. The summed E-state index contributed by atoms with van der Waals surface area (Å²) in [6.07, 6.45) is 0. The van der Waals surface area contributed by atoms with Crippen LogP contribution >= 0.6 is 23.5 Å². The van der Waals surface area contributed by atoms with E-state index in [1.54, 1.807) is 24.3 Å². The van der Waals surface area contributed by atoms with Gasteiger partial charge in [0.1, 0.15) is 5.25 Å². The average Bonchev–Trinajstić information content (AvgIpc) is 2.58. The van der Waals surface area contributed by atoms with Crippen molar-refractivity contribution in [2.75, 3.05) is 5.32 Å². The van der Waals surface area contributed by atoms with E-state index < -0.39 is 5.54 Å². The maximum Gasteiger partial charge on any atom is 0.242 e. The number of nitrogens with zero attached hydrogens (tertiary/aromatic N) is 2. The molecule has 0 fully saturated rings. The Hall–Kier alpha value is -1.07. The summed E-state index contributed by atoms with van der Waals surface area (Å²) in [4.78, 5) is 12.0. The Morgan fingerprint density at radius 3 is 2.88 bits per heavy atom. The van der Waals surface area contributed by atoms with Crippen molar-refractivity contribution in [1.29, 1.82) is 0 Å². The number of nitrogens with one attached hydrogen (secondary N) is 1. The van der Waals surface area contributed by atoms with E-state index in [-0.39, 0.29) is 11.2 Å². The van der Waals surface area contributed by atoms with Gasteiger partial charge in [-0.1, -0.05) is 17.7 Å². The van der Waals surface area contributed by atoms with Crippen molar-refractivity contribution >= 4 is 35.1 Å². The monoisotopic (exact) mass is 269 g/mol. The van der Waals surface area contributed by atoms with E-state index in [4.69, 9.17) is 11.6 Å². The fraction of sp³-hybridized carbons (Fsp3) is 0.364. The largest absolute Gasteiger partial charge is 0.325 e. The molecule has 1 amide bonds. The zero-order valence-corrected chi connectivity index (χ0v) is 11.0. The molecule has 0 saturated heterocycles. The highest BCUT2D eigenvalue weighted by Gasteiger charge is 2.40. The molecule has 0 aliphatic carbocycles. The summed E-state index contributed by atoms with van der Waals surface area (Å²) in [5.41, 5.74) is 0.221. The molecule has 17 heavy (non-hydrogen) atoms. The predicted molar refractivity (Wildman–Crippen MR) is 70.4 cm³/mol. The summed E-state index contributed by atoms with van der Waals surface area (Å²) in [7, 11) is 0. The second-order valence-electron chi connectivity index (χ2n) is 4.32. The Morgan fingerprint density at radius 2 is 2.29 bits per heavy atom. The average molecular weight is 270 g/mol. The fourth-order valence-corrected chi connectivity index (χ4v) is 2.50. The molecule has 1 N–H and O–H groups in total. The molecule has 0 bridgehead atoms. The molecule has 6 heteroatoms. The molecule has 1 unspecified atom stereocenters. The van der Waals surface area contributed by atoms with E-state index in [1.807, 2.05) is 13.8 Å². The number of carbonyl (C=O) groups excluding carboxylic acids is 1. The maximum atomic E-state index is 12.0. The molecule has 0 radical (unpaired) electrons. The minimum atomic E-state index is -0.465. The van der Waals surface area contributed by atoms with Crippen molar-refractivity contribution in [2.24, 2.45) is 9.63 Å². The predicted octanol–water partition coefficient (Wildman–Crippen LogP) is 3.54. The van der Waals surface area contributed by atoms with Crippen LogP contribution in [0.4, 0.5) is 5.69 Å². The second kappa shape index (κ2) is 4.66. The van der Waals surface area contributed by atoms with Crippen LogP contribution < -0.4 is 5.32 Å². The van der Waals surface area contributed by atoms with Gasteiger partial charge in [0.05, 0.1) is 5.54 Å². The highest BCUT2D eigenvalue weighted by Crippen LogP contribution is 2.36. The lowest BCUT2D eigenvalue weighted by molar-refractivity contribution is -0.116. The number of halogens is 1. The van der Waals surface area contributed by atoms with Crippen LogP contribution in [0.5, 0.6) is 0 Å². The number of rotatable bonds is 2. The topological polar surface area (TPSA) is 53.8 Å². The van der Waals surface area contributed by atoms with Gasteiger partial charge in [0.25, 0.3) is 0 Å². The number of hydrogen-bond acceptors (Lipinski definition) is 4. The van der Waals surface area contributed by atoms with Crippen molar-refractivity contribution in [2.45, 2.75) is 24.6 Å². The molecule has 0 spiro atoms. The lowest BCUT2D eigenvalue weighted by Gasteiger charge is -2.20. The van der Waals surface area contributed by atoms with Gasteiger partial charge in [-0.15, -0.1) is 4.52 Å². The third-order valence-electron chi connectivity index (χ3n) is 2.42. The molecule has 4 nitrogen and oxygen atoms in total. The first kappa shape index (κ1) is 12.4. The van der Waals surface area contributed by atoms with E-state index in [2.05, 4.69) is 15.0 Å². The quantitative estimate of drug-likeness (QED) is 0.835. The van der Waals surface area contributed by atoms with Gasteiger partial charge in [-0.25, -0.2) is 0 Å². The van der Waals surface area contributed by atoms with E-state index in [1.165, 1.54) is 11.9 Å². The van der Waals surface area contributed by atoms with Crippen molar-refractivity contribution in [3.63, 3.8) is 0 Å². The molecular weight excluding hydrogens is 258 g/mol. The second-order valence-corrected chi connectivity index (χ2v) is 5.60. The van der Waals surface area contributed by atoms with Gasteiger partial charge < -0.3 is 5.32 Å². The first-order valence-electron chi connectivity index (χ1n) is 5.13. The van der Waals surface area contributed by atoms with Gasteiger partial charge in [0.15, 0.2) is 0 Å². The van der Waals surface area contributed by atoms with E-state index in [9.17, 15) is 4.79 Å². The standard InChI is InChI=1S/C11H12ClN3OS/c1-11(2)9(17-15-14-11)10(16)13-8-5-3-4-7(12)6-8/h3-6,9H,1-2H3,(H,13,16). The number of amides is 1. The highest BCUT2D eigenvalue weighted by atomic mass is 35.5. The van der Waals surface area contributed by atoms with Crippen LogP contribution in [0.3, 0.4) is 0 Å². The van der Waals surface area contributed by atoms with Gasteiger partial charge in [-0.05, 0) is 32.0 Å². The number of carbonyl (C=O) groups is 1. The summed E-state index contributed by atoms with van der Waals surface area (Å²) < 4.78 is 3.85. The summed E-state index contributed by atoms with van der Waals surface area (Å²) in [6, 6.07) is 7.06. The minimum Gasteiger partial charge on any atom is -0.325 e. The van der Waals surface area contributed by atoms with Gasteiger partial charge in [0.2, 0.25) is 5.91 Å².